The fourth-order valence-corrected chi connectivity index (χ4v) is 3.70. The lowest BCUT2D eigenvalue weighted by Crippen LogP contribution is -2.05. The van der Waals surface area contributed by atoms with Crippen LogP contribution in [0, 0.1) is 19.7 Å². The Morgan fingerprint density at radius 3 is 2.88 bits per heavy atom. The average Bonchev–Trinajstić information content (AvgIpc) is 3.18. The van der Waals surface area contributed by atoms with Crippen molar-refractivity contribution in [1.29, 1.82) is 0 Å². The first kappa shape index (κ1) is 16.1. The highest BCUT2D eigenvalue weighted by Crippen LogP contribution is 2.39. The second-order valence-electron chi connectivity index (χ2n) is 6.58. The molecule has 0 fully saturated rings. The third-order valence-electron chi connectivity index (χ3n) is 5.09. The molecule has 0 atom stereocenters. The van der Waals surface area contributed by atoms with Gasteiger partial charge in [0.2, 0.25) is 0 Å². The molecule has 1 aliphatic rings. The van der Waals surface area contributed by atoms with Crippen molar-refractivity contribution in [2.75, 3.05) is 18.6 Å². The minimum Gasteiger partial charge on any atom is -0.384 e. The normalized spacial score (nSPS) is 13.3. The number of nitrogens with two attached hydrogens (primary N) is 1. The first-order chi connectivity index (χ1) is 12.1. The van der Waals surface area contributed by atoms with Crippen LogP contribution in [0.1, 0.15) is 22.4 Å². The summed E-state index contributed by atoms with van der Waals surface area (Å²) >= 11 is 0. The fourth-order valence-electron chi connectivity index (χ4n) is 3.70. The second kappa shape index (κ2) is 6.17. The van der Waals surface area contributed by atoms with Crippen LogP contribution in [-0.2, 0) is 17.8 Å². The van der Waals surface area contributed by atoms with E-state index in [2.05, 4.69) is 22.4 Å². The van der Waals surface area contributed by atoms with Crippen LogP contribution in [0.2, 0.25) is 0 Å². The maximum Gasteiger partial charge on any atom is 0.132 e. The van der Waals surface area contributed by atoms with E-state index in [1.807, 2.05) is 19.9 Å². The van der Waals surface area contributed by atoms with Crippen molar-refractivity contribution in [3.8, 4) is 11.1 Å². The molecular formula is C20H22FN3O. The van der Waals surface area contributed by atoms with Crippen molar-refractivity contribution >= 4 is 16.6 Å². The van der Waals surface area contributed by atoms with E-state index < -0.39 is 0 Å². The number of hydrogen-bond donors (Lipinski definition) is 3. The summed E-state index contributed by atoms with van der Waals surface area (Å²) in [5, 5.41) is 4.30. The van der Waals surface area contributed by atoms with E-state index in [1.165, 1.54) is 5.56 Å². The monoisotopic (exact) mass is 339 g/mol. The van der Waals surface area contributed by atoms with Crippen LogP contribution in [0.15, 0.2) is 24.3 Å². The summed E-state index contributed by atoms with van der Waals surface area (Å²) in [7, 11) is 0. The molecule has 1 aromatic heterocycles. The average molecular weight is 339 g/mol. The second-order valence-corrected chi connectivity index (χ2v) is 6.58. The molecule has 25 heavy (non-hydrogen) atoms. The Labute approximate surface area is 146 Å². The van der Waals surface area contributed by atoms with E-state index in [-0.39, 0.29) is 19.2 Å². The number of ether oxygens (including phenoxy) is 1. The van der Waals surface area contributed by atoms with Crippen LogP contribution < -0.4 is 11.1 Å². The van der Waals surface area contributed by atoms with Gasteiger partial charge >= 0.3 is 0 Å². The van der Waals surface area contributed by atoms with Gasteiger partial charge in [-0.1, -0.05) is 12.1 Å². The minimum absolute atomic E-state index is 0.111. The number of anilines is 1. The van der Waals surface area contributed by atoms with Gasteiger partial charge in [0.1, 0.15) is 5.82 Å². The highest BCUT2D eigenvalue weighted by molar-refractivity contribution is 6.00. The molecule has 130 valence electrons. The summed E-state index contributed by atoms with van der Waals surface area (Å²) in [5.41, 5.74) is 13.2. The molecule has 2 aromatic carbocycles. The highest BCUT2D eigenvalue weighted by atomic mass is 19.1. The number of H-pyrrole nitrogens is 1. The molecule has 1 aliphatic heterocycles. The molecule has 4 rings (SSSR count). The predicted octanol–water partition coefficient (Wildman–Crippen LogP) is 3.99. The summed E-state index contributed by atoms with van der Waals surface area (Å²) in [4.78, 5) is 3.39. The summed E-state index contributed by atoms with van der Waals surface area (Å²) < 4.78 is 20.4. The molecule has 4 N–H and O–H groups in total. The topological polar surface area (TPSA) is 63.1 Å². The highest BCUT2D eigenvalue weighted by Gasteiger charge is 2.20. The Kier molecular flexibility index (Phi) is 3.98. The van der Waals surface area contributed by atoms with Gasteiger partial charge in [-0.25, -0.2) is 4.39 Å². The molecule has 4 nitrogen and oxygen atoms in total. The van der Waals surface area contributed by atoms with Gasteiger partial charge in [0, 0.05) is 34.4 Å². The molecule has 0 bridgehead atoms. The van der Waals surface area contributed by atoms with Gasteiger partial charge in [0.05, 0.1) is 18.9 Å². The third-order valence-corrected chi connectivity index (χ3v) is 5.09. The molecule has 0 aliphatic carbocycles. The Morgan fingerprint density at radius 2 is 2.08 bits per heavy atom. The lowest BCUT2D eigenvalue weighted by Gasteiger charge is -2.12. The van der Waals surface area contributed by atoms with Crippen LogP contribution in [-0.4, -0.2) is 18.3 Å². The number of aryl methyl sites for hydroxylation is 2. The zero-order valence-corrected chi connectivity index (χ0v) is 14.5. The number of hydrogen-bond acceptors (Lipinski definition) is 3. The van der Waals surface area contributed by atoms with Crippen molar-refractivity contribution in [1.82, 2.24) is 4.98 Å². The standard InChI is InChI=1S/C20H22FN3O/c1-11-12(2)24-20-15(9-25-10-22)7-16(21)19(18(11)20)14-4-3-13-5-6-23-17(13)8-14/h3-4,7-8,23-24H,5-6,9-10,22H2,1-2H3. The number of nitrogens with one attached hydrogen (secondary N) is 2. The van der Waals surface area contributed by atoms with Crippen molar-refractivity contribution in [2.24, 2.45) is 5.73 Å². The maximum atomic E-state index is 15.1. The fraction of sp³-hybridized carbons (Fsp3) is 0.300. The lowest BCUT2D eigenvalue weighted by atomic mass is 9.95. The first-order valence-corrected chi connectivity index (χ1v) is 8.55. The number of aromatic nitrogens is 1. The Hall–Kier alpha value is -2.37. The van der Waals surface area contributed by atoms with E-state index in [9.17, 15) is 0 Å². The van der Waals surface area contributed by atoms with E-state index in [0.717, 1.165) is 51.9 Å². The molecule has 0 radical (unpaired) electrons. The zero-order valence-electron chi connectivity index (χ0n) is 14.5. The van der Waals surface area contributed by atoms with Crippen LogP contribution in [0.4, 0.5) is 10.1 Å². The van der Waals surface area contributed by atoms with E-state index in [4.69, 9.17) is 10.5 Å². The maximum absolute atomic E-state index is 15.1. The molecule has 0 saturated heterocycles. The third kappa shape index (κ3) is 2.60. The summed E-state index contributed by atoms with van der Waals surface area (Å²) in [6.07, 6.45) is 1.02. The van der Waals surface area contributed by atoms with Gasteiger partial charge in [-0.05, 0) is 49.1 Å². The molecular weight excluding hydrogens is 317 g/mol. The van der Waals surface area contributed by atoms with Crippen molar-refractivity contribution in [3.63, 3.8) is 0 Å². The minimum atomic E-state index is -0.233. The number of aromatic amines is 1. The van der Waals surface area contributed by atoms with E-state index >= 15 is 4.39 Å². The summed E-state index contributed by atoms with van der Waals surface area (Å²) in [6, 6.07) is 7.72. The van der Waals surface area contributed by atoms with Gasteiger partial charge < -0.3 is 20.8 Å². The Morgan fingerprint density at radius 1 is 1.24 bits per heavy atom. The number of halogens is 1. The number of rotatable bonds is 4. The quantitative estimate of drug-likeness (QED) is 0.630. The summed E-state index contributed by atoms with van der Waals surface area (Å²) in [6.45, 7) is 5.37. The Bertz CT molecular complexity index is 961. The molecule has 0 amide bonds. The van der Waals surface area contributed by atoms with E-state index in [0.29, 0.717) is 5.56 Å². The first-order valence-electron chi connectivity index (χ1n) is 8.55. The van der Waals surface area contributed by atoms with Gasteiger partial charge in [-0.2, -0.15) is 0 Å². The van der Waals surface area contributed by atoms with E-state index in [1.54, 1.807) is 6.07 Å². The van der Waals surface area contributed by atoms with Crippen molar-refractivity contribution in [3.05, 3.63) is 52.5 Å². The van der Waals surface area contributed by atoms with Gasteiger partial charge in [0.25, 0.3) is 0 Å². The van der Waals surface area contributed by atoms with Crippen LogP contribution >= 0.6 is 0 Å². The zero-order chi connectivity index (χ0) is 17.6. The molecule has 0 spiro atoms. The van der Waals surface area contributed by atoms with Crippen molar-refractivity contribution < 1.29 is 9.13 Å². The summed E-state index contributed by atoms with van der Waals surface area (Å²) in [5.74, 6) is -0.233. The van der Waals surface area contributed by atoms with Crippen LogP contribution in [0.3, 0.4) is 0 Å². The number of benzene rings is 2. The lowest BCUT2D eigenvalue weighted by molar-refractivity contribution is 0.128. The Balaban J connectivity index is 1.96. The van der Waals surface area contributed by atoms with Gasteiger partial charge in [-0.3, -0.25) is 0 Å². The van der Waals surface area contributed by atoms with Gasteiger partial charge in [-0.15, -0.1) is 0 Å². The van der Waals surface area contributed by atoms with Crippen LogP contribution in [0.5, 0.6) is 0 Å². The van der Waals surface area contributed by atoms with Crippen LogP contribution in [0.25, 0.3) is 22.0 Å². The van der Waals surface area contributed by atoms with Crippen molar-refractivity contribution in [2.45, 2.75) is 26.9 Å². The van der Waals surface area contributed by atoms with Gasteiger partial charge in [0.15, 0.2) is 0 Å². The SMILES string of the molecule is Cc1[nH]c2c(COCN)cc(F)c(-c3ccc4c(c3)NCC4)c2c1C. The molecule has 3 aromatic rings. The largest absolute Gasteiger partial charge is 0.384 e. The molecule has 0 saturated carbocycles. The molecule has 2 heterocycles. The number of fused-ring (bicyclic) bond motifs is 2. The molecule has 0 unspecified atom stereocenters. The smallest absolute Gasteiger partial charge is 0.132 e. The molecule has 5 heteroatoms. The predicted molar refractivity (Wildman–Crippen MR) is 99.2 cm³/mol.